The maximum Gasteiger partial charge on any atom is 0.227 e. The minimum absolute atomic E-state index is 0.264. The highest BCUT2D eigenvalue weighted by Crippen LogP contribution is 2.20. The molecule has 0 spiro atoms. The average molecular weight is 303 g/mol. The number of imidazole rings is 1. The molecule has 1 saturated heterocycles. The van der Waals surface area contributed by atoms with Crippen molar-refractivity contribution >= 4 is 17.2 Å². The molecule has 0 bridgehead atoms. The van der Waals surface area contributed by atoms with Gasteiger partial charge < -0.3 is 9.47 Å². The lowest BCUT2D eigenvalue weighted by Gasteiger charge is -2.33. The Labute approximate surface area is 129 Å². The van der Waals surface area contributed by atoms with Gasteiger partial charge in [0.05, 0.1) is 6.42 Å². The summed E-state index contributed by atoms with van der Waals surface area (Å²) in [6.45, 7) is 4.78. The van der Waals surface area contributed by atoms with Crippen LogP contribution in [0.15, 0.2) is 29.2 Å². The number of likely N-dealkylation sites (tertiary alicyclic amines) is 1. The third-order valence-electron chi connectivity index (χ3n) is 4.19. The second-order valence-electron chi connectivity index (χ2n) is 5.78. The van der Waals surface area contributed by atoms with Crippen LogP contribution in [-0.4, -0.2) is 33.4 Å². The molecule has 3 rings (SSSR count). The fraction of sp³-hybridized carbons (Fsp3) is 0.500. The van der Waals surface area contributed by atoms with E-state index in [4.69, 9.17) is 0 Å². The molecule has 5 heteroatoms. The number of thiophene rings is 1. The van der Waals surface area contributed by atoms with Crippen molar-refractivity contribution in [1.82, 2.24) is 14.5 Å². The number of aromatic nitrogens is 2. The van der Waals surface area contributed by atoms with Crippen molar-refractivity contribution in [2.75, 3.05) is 13.1 Å². The van der Waals surface area contributed by atoms with E-state index in [0.717, 1.165) is 37.4 Å². The van der Waals surface area contributed by atoms with Gasteiger partial charge in [0.15, 0.2) is 0 Å². The van der Waals surface area contributed by atoms with Crippen LogP contribution in [-0.2, 0) is 17.8 Å². The topological polar surface area (TPSA) is 38.1 Å². The Morgan fingerprint density at radius 1 is 1.52 bits per heavy atom. The molecule has 1 atom stereocenters. The first-order valence-electron chi connectivity index (χ1n) is 7.49. The molecule has 0 saturated carbocycles. The Morgan fingerprint density at radius 3 is 3.14 bits per heavy atom. The second kappa shape index (κ2) is 6.43. The standard InChI is InChI=1S/C16H21N3OS/c1-13-17-5-7-18(13)10-15-3-2-6-19(11-15)16(20)9-14-4-8-21-12-14/h4-5,7-8,12,15H,2-3,6,9-11H2,1H3/t15-/m1/s1. The molecule has 1 fully saturated rings. The van der Waals surface area contributed by atoms with Gasteiger partial charge in [-0.1, -0.05) is 0 Å². The van der Waals surface area contributed by atoms with Crippen molar-refractivity contribution in [1.29, 1.82) is 0 Å². The monoisotopic (exact) mass is 303 g/mol. The normalized spacial score (nSPS) is 18.9. The Balaban J connectivity index is 1.57. The van der Waals surface area contributed by atoms with Crippen LogP contribution >= 0.6 is 11.3 Å². The largest absolute Gasteiger partial charge is 0.342 e. The highest BCUT2D eigenvalue weighted by atomic mass is 32.1. The number of aryl methyl sites for hydroxylation is 1. The summed E-state index contributed by atoms with van der Waals surface area (Å²) in [4.78, 5) is 18.7. The predicted molar refractivity (Wildman–Crippen MR) is 84.3 cm³/mol. The summed E-state index contributed by atoms with van der Waals surface area (Å²) in [6, 6.07) is 2.04. The number of piperidine rings is 1. The summed E-state index contributed by atoms with van der Waals surface area (Å²) >= 11 is 1.65. The van der Waals surface area contributed by atoms with Crippen molar-refractivity contribution in [3.8, 4) is 0 Å². The van der Waals surface area contributed by atoms with Crippen molar-refractivity contribution in [2.24, 2.45) is 5.92 Å². The van der Waals surface area contributed by atoms with E-state index in [2.05, 4.69) is 14.9 Å². The number of amides is 1. The van der Waals surface area contributed by atoms with E-state index in [-0.39, 0.29) is 5.91 Å². The van der Waals surface area contributed by atoms with Gasteiger partial charge in [-0.25, -0.2) is 4.98 Å². The van der Waals surface area contributed by atoms with Crippen LogP contribution in [0, 0.1) is 12.8 Å². The summed E-state index contributed by atoms with van der Waals surface area (Å²) in [5, 5.41) is 4.09. The molecule has 112 valence electrons. The molecule has 0 N–H and O–H groups in total. The van der Waals surface area contributed by atoms with Gasteiger partial charge in [-0.2, -0.15) is 11.3 Å². The third-order valence-corrected chi connectivity index (χ3v) is 4.92. The zero-order chi connectivity index (χ0) is 14.7. The lowest BCUT2D eigenvalue weighted by molar-refractivity contribution is -0.132. The van der Waals surface area contributed by atoms with E-state index in [1.807, 2.05) is 35.7 Å². The van der Waals surface area contributed by atoms with Gasteiger partial charge in [-0.3, -0.25) is 4.79 Å². The van der Waals surface area contributed by atoms with Crippen molar-refractivity contribution in [2.45, 2.75) is 32.7 Å². The molecule has 0 aromatic carbocycles. The van der Waals surface area contributed by atoms with Crippen LogP contribution in [0.25, 0.3) is 0 Å². The number of nitrogens with zero attached hydrogens (tertiary/aromatic N) is 3. The number of carbonyl (C=O) groups excluding carboxylic acids is 1. The van der Waals surface area contributed by atoms with Crippen LogP contribution in [0.4, 0.5) is 0 Å². The molecule has 0 radical (unpaired) electrons. The van der Waals surface area contributed by atoms with Crippen LogP contribution in [0.3, 0.4) is 0 Å². The number of rotatable bonds is 4. The van der Waals surface area contributed by atoms with Crippen molar-refractivity contribution in [3.63, 3.8) is 0 Å². The first-order valence-corrected chi connectivity index (χ1v) is 8.43. The highest BCUT2D eigenvalue weighted by Gasteiger charge is 2.24. The van der Waals surface area contributed by atoms with Gasteiger partial charge in [0.25, 0.3) is 0 Å². The van der Waals surface area contributed by atoms with E-state index >= 15 is 0 Å². The van der Waals surface area contributed by atoms with E-state index in [9.17, 15) is 4.79 Å². The Morgan fingerprint density at radius 2 is 2.43 bits per heavy atom. The van der Waals surface area contributed by atoms with Gasteiger partial charge in [-0.05, 0) is 48.1 Å². The zero-order valence-corrected chi connectivity index (χ0v) is 13.2. The molecule has 2 aromatic heterocycles. The van der Waals surface area contributed by atoms with Crippen LogP contribution in [0.1, 0.15) is 24.2 Å². The SMILES string of the molecule is Cc1nccn1C[C@H]1CCCN(C(=O)Cc2ccsc2)C1. The Bertz CT molecular complexity index is 590. The minimum atomic E-state index is 0.264. The number of hydrogen-bond acceptors (Lipinski definition) is 3. The molecule has 2 aromatic rings. The molecule has 4 nitrogen and oxygen atoms in total. The Kier molecular flexibility index (Phi) is 4.39. The zero-order valence-electron chi connectivity index (χ0n) is 12.4. The van der Waals surface area contributed by atoms with Gasteiger partial charge in [0.1, 0.15) is 5.82 Å². The first kappa shape index (κ1) is 14.3. The van der Waals surface area contributed by atoms with Crippen LogP contribution < -0.4 is 0 Å². The van der Waals surface area contributed by atoms with E-state index in [1.165, 1.54) is 6.42 Å². The lowest BCUT2D eigenvalue weighted by atomic mass is 9.97. The first-order chi connectivity index (χ1) is 10.2. The Hall–Kier alpha value is -1.62. The smallest absolute Gasteiger partial charge is 0.227 e. The average Bonchev–Trinajstić information content (AvgIpc) is 3.12. The molecule has 3 heterocycles. The predicted octanol–water partition coefficient (Wildman–Crippen LogP) is 2.73. The van der Waals surface area contributed by atoms with E-state index in [1.54, 1.807) is 11.3 Å². The minimum Gasteiger partial charge on any atom is -0.342 e. The van der Waals surface area contributed by atoms with Crippen LogP contribution in [0.2, 0.25) is 0 Å². The van der Waals surface area contributed by atoms with Gasteiger partial charge in [-0.15, -0.1) is 0 Å². The van der Waals surface area contributed by atoms with Crippen molar-refractivity contribution in [3.05, 3.63) is 40.6 Å². The summed E-state index contributed by atoms with van der Waals surface area (Å²) < 4.78 is 2.19. The molecule has 0 unspecified atom stereocenters. The van der Waals surface area contributed by atoms with Gasteiger partial charge in [0.2, 0.25) is 5.91 Å². The fourth-order valence-corrected chi connectivity index (χ4v) is 3.66. The molecule has 1 aliphatic heterocycles. The maximum atomic E-state index is 12.4. The maximum absolute atomic E-state index is 12.4. The van der Waals surface area contributed by atoms with Crippen LogP contribution in [0.5, 0.6) is 0 Å². The number of carbonyl (C=O) groups is 1. The lowest BCUT2D eigenvalue weighted by Crippen LogP contribution is -2.41. The van der Waals surface area contributed by atoms with E-state index < -0.39 is 0 Å². The van der Waals surface area contributed by atoms with Gasteiger partial charge >= 0.3 is 0 Å². The summed E-state index contributed by atoms with van der Waals surface area (Å²) in [6.07, 6.45) is 6.72. The summed E-state index contributed by atoms with van der Waals surface area (Å²) in [5.74, 6) is 1.86. The highest BCUT2D eigenvalue weighted by molar-refractivity contribution is 7.07. The molecule has 1 amide bonds. The third kappa shape index (κ3) is 3.53. The molecule has 21 heavy (non-hydrogen) atoms. The second-order valence-corrected chi connectivity index (χ2v) is 6.56. The summed E-state index contributed by atoms with van der Waals surface area (Å²) in [5.41, 5.74) is 1.14. The number of hydrogen-bond donors (Lipinski definition) is 0. The summed E-state index contributed by atoms with van der Waals surface area (Å²) in [7, 11) is 0. The quantitative estimate of drug-likeness (QED) is 0.871. The molecular weight excluding hydrogens is 282 g/mol. The molecular formula is C16H21N3OS. The van der Waals surface area contributed by atoms with Gasteiger partial charge in [0, 0.05) is 32.0 Å². The fourth-order valence-electron chi connectivity index (χ4n) is 3.00. The molecule has 0 aliphatic carbocycles. The molecule has 1 aliphatic rings. The van der Waals surface area contributed by atoms with E-state index in [0.29, 0.717) is 12.3 Å². The van der Waals surface area contributed by atoms with Crippen molar-refractivity contribution < 1.29 is 4.79 Å².